The van der Waals surface area contributed by atoms with Gasteiger partial charge < -0.3 is 15.5 Å². The molecule has 3 nitrogen and oxygen atoms in total. The summed E-state index contributed by atoms with van der Waals surface area (Å²) in [5.41, 5.74) is 0.920. The number of aliphatic hydroxyl groups is 2. The molecule has 3 N–H and O–H groups in total. The van der Waals surface area contributed by atoms with Crippen LogP contribution in [0.5, 0.6) is 0 Å². The lowest BCUT2D eigenvalue weighted by Gasteiger charge is -2.61. The molecule has 0 heterocycles. The van der Waals surface area contributed by atoms with Gasteiger partial charge in [0.2, 0.25) is 0 Å². The van der Waals surface area contributed by atoms with Gasteiger partial charge >= 0.3 is 0 Å². The Labute approximate surface area is 160 Å². The van der Waals surface area contributed by atoms with Crippen molar-refractivity contribution in [3.63, 3.8) is 0 Å². The maximum atomic E-state index is 10.4. The molecule has 4 rings (SSSR count). The first-order valence-corrected chi connectivity index (χ1v) is 11.4. The van der Waals surface area contributed by atoms with Gasteiger partial charge in [-0.25, -0.2) is 0 Å². The molecule has 150 valence electrons. The highest BCUT2D eigenvalue weighted by Gasteiger charge is 2.60. The van der Waals surface area contributed by atoms with Crippen LogP contribution in [0.2, 0.25) is 0 Å². The fourth-order valence-electron chi connectivity index (χ4n) is 8.55. The Morgan fingerprint density at radius 1 is 0.962 bits per heavy atom. The van der Waals surface area contributed by atoms with Gasteiger partial charge in [-0.1, -0.05) is 13.8 Å². The molecule has 3 unspecified atom stereocenters. The Morgan fingerprint density at radius 3 is 2.42 bits per heavy atom. The molecule has 3 heteroatoms. The lowest BCUT2D eigenvalue weighted by atomic mass is 9.44. The van der Waals surface area contributed by atoms with Crippen LogP contribution in [0.4, 0.5) is 0 Å². The van der Waals surface area contributed by atoms with Crippen LogP contribution >= 0.6 is 0 Å². The third-order valence-corrected chi connectivity index (χ3v) is 9.87. The van der Waals surface area contributed by atoms with E-state index in [1.807, 2.05) is 6.92 Å². The Balaban J connectivity index is 1.50. The predicted octanol–water partition coefficient (Wildman–Crippen LogP) is 3.98. The summed E-state index contributed by atoms with van der Waals surface area (Å²) >= 11 is 0. The summed E-state index contributed by atoms with van der Waals surface area (Å²) in [6.45, 7) is 8.18. The number of hydrogen-bond donors (Lipinski definition) is 3. The zero-order chi connectivity index (χ0) is 18.5. The standard InChI is InChI=1S/C23H41NO2/c1-15(26)19-6-7-20-18-5-4-16-14-17(24-12-13-25)8-10-22(16,2)21(18)9-11-23(19,20)3/h15-21,24-26H,4-14H2,1-3H3/t15?,16?,17?,18-,19+,20-,21-,22-,23+/m0/s1. The minimum Gasteiger partial charge on any atom is -0.395 e. The van der Waals surface area contributed by atoms with E-state index in [0.717, 1.165) is 30.2 Å². The first kappa shape index (κ1) is 19.2. The molecule has 0 amide bonds. The van der Waals surface area contributed by atoms with Gasteiger partial charge in [0.1, 0.15) is 0 Å². The molecule has 4 fully saturated rings. The van der Waals surface area contributed by atoms with E-state index in [4.69, 9.17) is 5.11 Å². The average Bonchev–Trinajstić information content (AvgIpc) is 2.97. The molecule has 0 spiro atoms. The van der Waals surface area contributed by atoms with Crippen molar-refractivity contribution >= 4 is 0 Å². The minimum atomic E-state index is -0.137. The van der Waals surface area contributed by atoms with Crippen LogP contribution in [0.3, 0.4) is 0 Å². The molecule has 0 aromatic carbocycles. The molecule has 0 aliphatic heterocycles. The Hall–Kier alpha value is -0.120. The van der Waals surface area contributed by atoms with Gasteiger partial charge in [0, 0.05) is 12.6 Å². The van der Waals surface area contributed by atoms with E-state index in [1.165, 1.54) is 57.8 Å². The molecule has 0 radical (unpaired) electrons. The Bertz CT molecular complexity index is 508. The van der Waals surface area contributed by atoms with Gasteiger partial charge in [-0.05, 0) is 105 Å². The second kappa shape index (κ2) is 7.04. The zero-order valence-electron chi connectivity index (χ0n) is 17.2. The largest absolute Gasteiger partial charge is 0.395 e. The summed E-state index contributed by atoms with van der Waals surface area (Å²) in [5, 5.41) is 23.1. The molecule has 0 aromatic rings. The first-order valence-electron chi connectivity index (χ1n) is 11.4. The van der Waals surface area contributed by atoms with E-state index in [1.54, 1.807) is 0 Å². The van der Waals surface area contributed by atoms with Gasteiger partial charge in [0.15, 0.2) is 0 Å². The summed E-state index contributed by atoms with van der Waals surface area (Å²) in [6, 6.07) is 0.622. The smallest absolute Gasteiger partial charge is 0.0556 e. The van der Waals surface area contributed by atoms with Crippen molar-refractivity contribution in [3.05, 3.63) is 0 Å². The van der Waals surface area contributed by atoms with E-state index >= 15 is 0 Å². The third kappa shape index (κ3) is 2.88. The van der Waals surface area contributed by atoms with Crippen LogP contribution in [-0.4, -0.2) is 35.5 Å². The molecule has 0 aromatic heterocycles. The maximum Gasteiger partial charge on any atom is 0.0556 e. The molecular formula is C23H41NO2. The monoisotopic (exact) mass is 363 g/mol. The normalized spacial score (nSPS) is 52.0. The highest BCUT2D eigenvalue weighted by atomic mass is 16.3. The predicted molar refractivity (Wildman–Crippen MR) is 106 cm³/mol. The number of hydrogen-bond acceptors (Lipinski definition) is 3. The second-order valence-electron chi connectivity index (χ2n) is 10.8. The SMILES string of the molecule is CC(O)[C@H]1CC[C@H]2[C@@H]3CCC4CC(NCCO)CC[C@]4(C)[C@H]3CC[C@]12C. The van der Waals surface area contributed by atoms with Crippen LogP contribution in [0.1, 0.15) is 78.6 Å². The average molecular weight is 364 g/mol. The van der Waals surface area contributed by atoms with Gasteiger partial charge in [-0.3, -0.25) is 0 Å². The van der Waals surface area contributed by atoms with E-state index in [-0.39, 0.29) is 12.7 Å². The van der Waals surface area contributed by atoms with Crippen molar-refractivity contribution in [2.75, 3.05) is 13.2 Å². The van der Waals surface area contributed by atoms with Crippen molar-refractivity contribution in [1.82, 2.24) is 5.32 Å². The van der Waals surface area contributed by atoms with Gasteiger partial charge in [-0.15, -0.1) is 0 Å². The maximum absolute atomic E-state index is 10.4. The van der Waals surface area contributed by atoms with Crippen LogP contribution in [0, 0.1) is 40.4 Å². The summed E-state index contributed by atoms with van der Waals surface area (Å²) < 4.78 is 0. The molecule has 4 saturated carbocycles. The van der Waals surface area contributed by atoms with Crippen molar-refractivity contribution in [2.24, 2.45) is 40.4 Å². The molecule has 4 aliphatic rings. The minimum absolute atomic E-state index is 0.137. The topological polar surface area (TPSA) is 52.5 Å². The van der Waals surface area contributed by atoms with Crippen LogP contribution in [0.25, 0.3) is 0 Å². The van der Waals surface area contributed by atoms with Crippen LogP contribution < -0.4 is 5.32 Å². The van der Waals surface area contributed by atoms with E-state index in [9.17, 15) is 5.11 Å². The van der Waals surface area contributed by atoms with Crippen LogP contribution in [0.15, 0.2) is 0 Å². The van der Waals surface area contributed by atoms with E-state index in [2.05, 4.69) is 19.2 Å². The number of rotatable bonds is 4. The Morgan fingerprint density at radius 2 is 1.69 bits per heavy atom. The quantitative estimate of drug-likeness (QED) is 0.708. The lowest BCUT2D eigenvalue weighted by molar-refractivity contribution is -0.121. The molecular weight excluding hydrogens is 322 g/mol. The van der Waals surface area contributed by atoms with E-state index < -0.39 is 0 Å². The van der Waals surface area contributed by atoms with Crippen molar-refractivity contribution in [2.45, 2.75) is 90.7 Å². The summed E-state index contributed by atoms with van der Waals surface area (Å²) in [5.74, 6) is 4.06. The first-order chi connectivity index (χ1) is 12.4. The fraction of sp³-hybridized carbons (Fsp3) is 1.00. The van der Waals surface area contributed by atoms with Gasteiger partial charge in [-0.2, -0.15) is 0 Å². The van der Waals surface area contributed by atoms with Gasteiger partial charge in [0.05, 0.1) is 12.7 Å². The lowest BCUT2D eigenvalue weighted by Crippen LogP contribution is -2.55. The van der Waals surface area contributed by atoms with Crippen molar-refractivity contribution in [1.29, 1.82) is 0 Å². The summed E-state index contributed by atoms with van der Waals surface area (Å²) in [6.07, 6.45) is 12.0. The molecule has 9 atom stereocenters. The van der Waals surface area contributed by atoms with Crippen molar-refractivity contribution in [3.8, 4) is 0 Å². The molecule has 26 heavy (non-hydrogen) atoms. The highest BCUT2D eigenvalue weighted by Crippen LogP contribution is 2.67. The molecule has 0 saturated heterocycles. The van der Waals surface area contributed by atoms with Gasteiger partial charge in [0.25, 0.3) is 0 Å². The van der Waals surface area contributed by atoms with Crippen molar-refractivity contribution < 1.29 is 10.2 Å². The second-order valence-corrected chi connectivity index (χ2v) is 10.8. The van der Waals surface area contributed by atoms with E-state index in [0.29, 0.717) is 22.8 Å². The Kier molecular flexibility index (Phi) is 5.20. The summed E-state index contributed by atoms with van der Waals surface area (Å²) in [4.78, 5) is 0. The summed E-state index contributed by atoms with van der Waals surface area (Å²) in [7, 11) is 0. The number of nitrogens with one attached hydrogen (secondary N) is 1. The third-order valence-electron chi connectivity index (χ3n) is 9.87. The molecule has 4 aliphatic carbocycles. The highest BCUT2D eigenvalue weighted by molar-refractivity contribution is 5.10. The number of fused-ring (bicyclic) bond motifs is 5. The number of aliphatic hydroxyl groups excluding tert-OH is 2. The fourth-order valence-corrected chi connectivity index (χ4v) is 8.55. The molecule has 0 bridgehead atoms. The van der Waals surface area contributed by atoms with Crippen LogP contribution in [-0.2, 0) is 0 Å². The zero-order valence-corrected chi connectivity index (χ0v) is 17.2.